The number of halogens is 3. The number of carboxylic acid groups (broad SMARTS) is 1. The monoisotopic (exact) mass is 441 g/mol. The summed E-state index contributed by atoms with van der Waals surface area (Å²) in [5.41, 5.74) is 6.81. The van der Waals surface area contributed by atoms with Crippen LogP contribution in [-0.4, -0.2) is 11.1 Å². The lowest BCUT2D eigenvalue weighted by molar-refractivity contribution is -0.136. The van der Waals surface area contributed by atoms with Crippen molar-refractivity contribution in [3.63, 3.8) is 0 Å². The first-order chi connectivity index (χ1) is 15.4. The van der Waals surface area contributed by atoms with E-state index in [1.54, 1.807) is 18.2 Å². The Morgan fingerprint density at radius 3 is 2.53 bits per heavy atom. The maximum absolute atomic E-state index is 15.1. The summed E-state index contributed by atoms with van der Waals surface area (Å²) in [6.45, 7) is -0.300. The molecule has 0 bridgehead atoms. The minimum Gasteiger partial charge on any atom is -0.488 e. The van der Waals surface area contributed by atoms with Crippen LogP contribution >= 0.6 is 0 Å². The molecule has 0 saturated heterocycles. The van der Waals surface area contributed by atoms with Crippen LogP contribution < -0.4 is 10.5 Å². The predicted octanol–water partition coefficient (Wildman–Crippen LogP) is 5.18. The molecular formula is C24H18F3NO4. The molecule has 0 amide bonds. The third-order valence-corrected chi connectivity index (χ3v) is 5.08. The van der Waals surface area contributed by atoms with Crippen LogP contribution in [0.4, 0.5) is 13.2 Å². The van der Waals surface area contributed by atoms with Gasteiger partial charge in [-0.05, 0) is 30.3 Å². The van der Waals surface area contributed by atoms with Crippen molar-refractivity contribution in [2.24, 2.45) is 5.73 Å². The summed E-state index contributed by atoms with van der Waals surface area (Å²) >= 11 is 0. The van der Waals surface area contributed by atoms with Crippen molar-refractivity contribution in [3.8, 4) is 16.9 Å². The first kappa shape index (κ1) is 21.5. The smallest absolute Gasteiger partial charge is 0.307 e. The Kier molecular flexibility index (Phi) is 5.87. The van der Waals surface area contributed by atoms with Crippen molar-refractivity contribution in [2.45, 2.75) is 19.6 Å². The normalized spacial score (nSPS) is 11.1. The Labute approximate surface area is 180 Å². The van der Waals surface area contributed by atoms with Gasteiger partial charge in [0.05, 0.1) is 18.1 Å². The van der Waals surface area contributed by atoms with Gasteiger partial charge >= 0.3 is 5.97 Å². The Morgan fingerprint density at radius 1 is 0.969 bits per heavy atom. The van der Waals surface area contributed by atoms with Crippen LogP contribution in [0.3, 0.4) is 0 Å². The van der Waals surface area contributed by atoms with E-state index < -0.39 is 29.8 Å². The number of furan rings is 1. The summed E-state index contributed by atoms with van der Waals surface area (Å²) < 4.78 is 54.7. The molecule has 3 N–H and O–H groups in total. The zero-order chi connectivity index (χ0) is 22.8. The van der Waals surface area contributed by atoms with Crippen LogP contribution in [0.25, 0.3) is 22.1 Å². The highest BCUT2D eigenvalue weighted by atomic mass is 19.1. The number of rotatable bonds is 7. The van der Waals surface area contributed by atoms with E-state index in [1.807, 2.05) is 0 Å². The maximum atomic E-state index is 15.1. The molecule has 0 spiro atoms. The summed E-state index contributed by atoms with van der Waals surface area (Å²) in [7, 11) is 0. The van der Waals surface area contributed by atoms with Gasteiger partial charge in [-0.2, -0.15) is 0 Å². The first-order valence-corrected chi connectivity index (χ1v) is 9.68. The third-order valence-electron chi connectivity index (χ3n) is 5.08. The number of nitrogens with two attached hydrogens (primary N) is 1. The highest BCUT2D eigenvalue weighted by Gasteiger charge is 2.20. The molecule has 32 heavy (non-hydrogen) atoms. The van der Waals surface area contributed by atoms with Gasteiger partial charge in [-0.15, -0.1) is 0 Å². The quantitative estimate of drug-likeness (QED) is 0.413. The zero-order valence-electron chi connectivity index (χ0n) is 16.7. The Morgan fingerprint density at radius 2 is 1.78 bits per heavy atom. The van der Waals surface area contributed by atoms with Crippen molar-refractivity contribution >= 4 is 16.9 Å². The highest BCUT2D eigenvalue weighted by molar-refractivity contribution is 5.94. The number of hydrogen-bond acceptors (Lipinski definition) is 4. The van der Waals surface area contributed by atoms with E-state index in [1.165, 1.54) is 24.5 Å². The number of carbonyl (C=O) groups is 1. The van der Waals surface area contributed by atoms with Crippen LogP contribution in [0.1, 0.15) is 16.7 Å². The number of hydrogen-bond donors (Lipinski definition) is 2. The molecule has 0 atom stereocenters. The average Bonchev–Trinajstić information content (AvgIpc) is 3.25. The molecule has 4 aromatic rings. The fourth-order valence-electron chi connectivity index (χ4n) is 3.56. The fourth-order valence-corrected chi connectivity index (χ4v) is 3.56. The Bertz CT molecular complexity index is 1320. The molecule has 1 aromatic heterocycles. The topological polar surface area (TPSA) is 85.7 Å². The van der Waals surface area contributed by atoms with Crippen LogP contribution in [0, 0.1) is 17.5 Å². The molecular weight excluding hydrogens is 423 g/mol. The number of ether oxygens (including phenoxy) is 1. The van der Waals surface area contributed by atoms with E-state index in [9.17, 15) is 13.6 Å². The van der Waals surface area contributed by atoms with Crippen LogP contribution in [0.5, 0.6) is 5.75 Å². The fraction of sp³-hybridized carbons (Fsp3) is 0.125. The summed E-state index contributed by atoms with van der Waals surface area (Å²) in [6.07, 6.45) is 0.843. The molecule has 0 fully saturated rings. The van der Waals surface area contributed by atoms with Gasteiger partial charge in [0.25, 0.3) is 0 Å². The number of benzene rings is 3. The first-order valence-electron chi connectivity index (χ1n) is 9.68. The number of aliphatic carboxylic acids is 1. The highest BCUT2D eigenvalue weighted by Crippen LogP contribution is 2.36. The minimum atomic E-state index is -1.16. The molecule has 0 aliphatic heterocycles. The van der Waals surface area contributed by atoms with Gasteiger partial charge in [0.2, 0.25) is 0 Å². The summed E-state index contributed by atoms with van der Waals surface area (Å²) in [5, 5.41) is 9.19. The summed E-state index contributed by atoms with van der Waals surface area (Å²) in [4.78, 5) is 11.1. The molecule has 0 unspecified atom stereocenters. The minimum absolute atomic E-state index is 0.00491. The third kappa shape index (κ3) is 4.04. The summed E-state index contributed by atoms with van der Waals surface area (Å²) in [6, 6.07) is 11.0. The van der Waals surface area contributed by atoms with Gasteiger partial charge in [0, 0.05) is 34.4 Å². The Hall–Kier alpha value is -3.78. The van der Waals surface area contributed by atoms with E-state index in [2.05, 4.69) is 0 Å². The summed E-state index contributed by atoms with van der Waals surface area (Å²) in [5.74, 6) is -2.82. The lowest BCUT2D eigenvalue weighted by Gasteiger charge is -2.14. The largest absolute Gasteiger partial charge is 0.488 e. The van der Waals surface area contributed by atoms with Crippen molar-refractivity contribution < 1.29 is 32.2 Å². The second kappa shape index (κ2) is 8.76. The van der Waals surface area contributed by atoms with Crippen molar-refractivity contribution in [3.05, 3.63) is 88.9 Å². The molecule has 0 saturated carbocycles. The second-order valence-corrected chi connectivity index (χ2v) is 7.15. The van der Waals surface area contributed by atoms with E-state index in [0.29, 0.717) is 11.1 Å². The Balaban J connectivity index is 1.76. The van der Waals surface area contributed by atoms with Gasteiger partial charge in [-0.25, -0.2) is 13.2 Å². The van der Waals surface area contributed by atoms with Gasteiger partial charge in [0.15, 0.2) is 0 Å². The molecule has 164 valence electrons. The molecule has 0 aliphatic carbocycles. The van der Waals surface area contributed by atoms with E-state index in [-0.39, 0.29) is 46.6 Å². The van der Waals surface area contributed by atoms with Gasteiger partial charge in [0.1, 0.15) is 35.4 Å². The van der Waals surface area contributed by atoms with Crippen LogP contribution in [0.2, 0.25) is 0 Å². The molecule has 4 rings (SSSR count). The van der Waals surface area contributed by atoms with Crippen molar-refractivity contribution in [1.82, 2.24) is 0 Å². The molecule has 8 heteroatoms. The van der Waals surface area contributed by atoms with E-state index in [4.69, 9.17) is 20.0 Å². The zero-order valence-corrected chi connectivity index (χ0v) is 16.7. The molecule has 5 nitrogen and oxygen atoms in total. The van der Waals surface area contributed by atoms with Gasteiger partial charge in [-0.1, -0.05) is 18.2 Å². The predicted molar refractivity (Wildman–Crippen MR) is 112 cm³/mol. The molecule has 3 aromatic carbocycles. The number of carboxylic acids is 1. The SMILES string of the molecule is NCc1cccc(-c2cc(COc3ccc(F)cc3CC(=O)O)c(F)c3ccoc23)c1F. The second-order valence-electron chi connectivity index (χ2n) is 7.15. The van der Waals surface area contributed by atoms with Gasteiger partial charge in [-0.3, -0.25) is 4.79 Å². The van der Waals surface area contributed by atoms with Crippen LogP contribution in [-0.2, 0) is 24.4 Å². The average molecular weight is 441 g/mol. The lowest BCUT2D eigenvalue weighted by Crippen LogP contribution is -2.06. The maximum Gasteiger partial charge on any atom is 0.307 e. The van der Waals surface area contributed by atoms with Gasteiger partial charge < -0.3 is 20.0 Å². The van der Waals surface area contributed by atoms with E-state index >= 15 is 4.39 Å². The van der Waals surface area contributed by atoms with Crippen LogP contribution in [0.15, 0.2) is 59.2 Å². The molecule has 0 radical (unpaired) electrons. The van der Waals surface area contributed by atoms with Crippen molar-refractivity contribution in [2.75, 3.05) is 0 Å². The standard InChI is InChI=1S/C24H18F3NO4/c25-16-4-5-20(14(8-16)10-21(29)30)32-12-15-9-19(24-18(23(15)27)6-7-31-24)17-3-1-2-13(11-28)22(17)26/h1-9H,10-12,28H2,(H,29,30). The number of fused-ring (bicyclic) bond motifs is 1. The van der Waals surface area contributed by atoms with E-state index in [0.717, 1.165) is 12.1 Å². The lowest BCUT2D eigenvalue weighted by atomic mass is 9.97. The molecule has 0 aliphatic rings. The molecule has 1 heterocycles. The van der Waals surface area contributed by atoms with Crippen molar-refractivity contribution in [1.29, 1.82) is 0 Å².